The number of phenols is 3. The first-order valence-corrected chi connectivity index (χ1v) is 8.69. The molecule has 8 heteroatoms. The van der Waals surface area contributed by atoms with E-state index in [0.29, 0.717) is 0 Å². The summed E-state index contributed by atoms with van der Waals surface area (Å²) in [5, 5.41) is 62.5. The maximum atomic E-state index is 12.9. The van der Waals surface area contributed by atoms with E-state index in [-0.39, 0.29) is 35.1 Å². The highest BCUT2D eigenvalue weighted by Gasteiger charge is 2.47. The van der Waals surface area contributed by atoms with Gasteiger partial charge in [0, 0.05) is 29.5 Å². The zero-order valence-electron chi connectivity index (χ0n) is 14.8. The summed E-state index contributed by atoms with van der Waals surface area (Å²) in [7, 11) is 0. The Morgan fingerprint density at radius 3 is 2.32 bits per heavy atom. The van der Waals surface area contributed by atoms with Gasteiger partial charge in [-0.05, 0) is 13.0 Å². The van der Waals surface area contributed by atoms with Crippen molar-refractivity contribution in [2.45, 2.75) is 37.6 Å². The molecule has 6 N–H and O–H groups in total. The number of aliphatic hydroxyl groups excluding tert-OH is 2. The molecule has 0 heterocycles. The lowest BCUT2D eigenvalue weighted by Gasteiger charge is -2.39. The summed E-state index contributed by atoms with van der Waals surface area (Å²) < 4.78 is 0. The Hall–Kier alpha value is -2.94. The van der Waals surface area contributed by atoms with Crippen LogP contribution in [0, 0.1) is 0 Å². The van der Waals surface area contributed by atoms with Crippen LogP contribution in [-0.4, -0.2) is 53.9 Å². The fourth-order valence-electron chi connectivity index (χ4n) is 4.13. The molecule has 2 aliphatic carbocycles. The molecule has 0 aromatic heterocycles. The van der Waals surface area contributed by atoms with Gasteiger partial charge in [-0.2, -0.15) is 0 Å². The van der Waals surface area contributed by atoms with Gasteiger partial charge in [-0.1, -0.05) is 12.1 Å². The number of aromatic hydroxyl groups is 3. The van der Waals surface area contributed by atoms with Crippen molar-refractivity contribution in [1.82, 2.24) is 0 Å². The highest BCUT2D eigenvalue weighted by atomic mass is 16.3. The number of aliphatic hydroxyl groups is 3. The predicted octanol–water partition coefficient (Wildman–Crippen LogP) is 0.670. The number of hydrogen-bond donors (Lipinski definition) is 6. The second-order valence-electron chi connectivity index (χ2n) is 7.37. The molecule has 2 aliphatic rings. The smallest absolute Gasteiger partial charge is 0.202 e. The third-order valence-electron chi connectivity index (χ3n) is 5.70. The van der Waals surface area contributed by atoms with Gasteiger partial charge in [-0.25, -0.2) is 0 Å². The summed E-state index contributed by atoms with van der Waals surface area (Å²) in [5.74, 6) is -3.41. The minimum absolute atomic E-state index is 0.108. The lowest BCUT2D eigenvalue weighted by molar-refractivity contribution is -0.0999. The van der Waals surface area contributed by atoms with Crippen LogP contribution in [0.1, 0.15) is 62.4 Å². The van der Waals surface area contributed by atoms with E-state index in [2.05, 4.69) is 0 Å². The second-order valence-corrected chi connectivity index (χ2v) is 7.37. The van der Waals surface area contributed by atoms with Gasteiger partial charge in [0.25, 0.3) is 0 Å². The molecular weight excluding hydrogens is 368 g/mol. The molecule has 0 aliphatic heterocycles. The summed E-state index contributed by atoms with van der Waals surface area (Å²) in [6.07, 6.45) is -3.43. The third-order valence-corrected chi connectivity index (χ3v) is 5.70. The van der Waals surface area contributed by atoms with E-state index in [0.717, 1.165) is 0 Å². The normalized spacial score (nSPS) is 24.4. The Balaban J connectivity index is 2.03. The molecule has 8 nitrogen and oxygen atoms in total. The highest BCUT2D eigenvalue weighted by molar-refractivity contribution is 6.31. The summed E-state index contributed by atoms with van der Waals surface area (Å²) >= 11 is 0. The van der Waals surface area contributed by atoms with Gasteiger partial charge in [0.15, 0.2) is 5.78 Å². The van der Waals surface area contributed by atoms with E-state index in [4.69, 9.17) is 0 Å². The Labute approximate surface area is 158 Å². The van der Waals surface area contributed by atoms with E-state index >= 15 is 0 Å². The lowest BCUT2D eigenvalue weighted by atomic mass is 9.71. The van der Waals surface area contributed by atoms with E-state index < -0.39 is 57.8 Å². The van der Waals surface area contributed by atoms with Gasteiger partial charge in [0.2, 0.25) is 5.78 Å². The zero-order valence-corrected chi connectivity index (χ0v) is 14.8. The number of fused-ring (bicyclic) bond motifs is 3. The average molecular weight is 386 g/mol. The first-order valence-electron chi connectivity index (χ1n) is 8.69. The van der Waals surface area contributed by atoms with Gasteiger partial charge < -0.3 is 30.6 Å². The highest BCUT2D eigenvalue weighted by Crippen LogP contribution is 2.51. The molecule has 0 saturated carbocycles. The van der Waals surface area contributed by atoms with Crippen LogP contribution in [0.15, 0.2) is 18.2 Å². The average Bonchev–Trinajstić information content (AvgIpc) is 2.61. The molecule has 2 aromatic rings. The number of carbonyl (C=O) groups excluding carboxylic acids is 2. The number of phenolic OH excluding ortho intramolecular Hbond substituents is 3. The maximum Gasteiger partial charge on any atom is 0.202 e. The molecule has 0 bridgehead atoms. The van der Waals surface area contributed by atoms with Crippen molar-refractivity contribution in [2.24, 2.45) is 0 Å². The maximum absolute atomic E-state index is 12.9. The predicted molar refractivity (Wildman–Crippen MR) is 94.7 cm³/mol. The summed E-state index contributed by atoms with van der Waals surface area (Å²) in [4.78, 5) is 25.9. The molecule has 0 amide bonds. The summed E-state index contributed by atoms with van der Waals surface area (Å²) in [5.41, 5.74) is -3.46. The molecule has 0 saturated heterocycles. The number of hydrogen-bond acceptors (Lipinski definition) is 8. The molecule has 3 unspecified atom stereocenters. The van der Waals surface area contributed by atoms with E-state index in [1.54, 1.807) is 0 Å². The van der Waals surface area contributed by atoms with Gasteiger partial charge >= 0.3 is 0 Å². The minimum atomic E-state index is -1.79. The van der Waals surface area contributed by atoms with Crippen molar-refractivity contribution in [3.8, 4) is 17.2 Å². The van der Waals surface area contributed by atoms with Crippen molar-refractivity contribution in [3.63, 3.8) is 0 Å². The fourth-order valence-corrected chi connectivity index (χ4v) is 4.13. The Morgan fingerprint density at radius 1 is 1.04 bits per heavy atom. The van der Waals surface area contributed by atoms with Gasteiger partial charge in [-0.15, -0.1) is 0 Å². The number of rotatable bonds is 1. The van der Waals surface area contributed by atoms with Crippen LogP contribution in [0.5, 0.6) is 17.2 Å². The first-order chi connectivity index (χ1) is 13.1. The number of carbonyl (C=O) groups is 2. The van der Waals surface area contributed by atoms with E-state index in [9.17, 15) is 40.2 Å². The van der Waals surface area contributed by atoms with Crippen molar-refractivity contribution >= 4 is 11.6 Å². The topological polar surface area (TPSA) is 156 Å². The monoisotopic (exact) mass is 386 g/mol. The van der Waals surface area contributed by atoms with Crippen LogP contribution in [0.25, 0.3) is 0 Å². The van der Waals surface area contributed by atoms with Crippen LogP contribution in [-0.2, 0) is 6.42 Å². The van der Waals surface area contributed by atoms with Gasteiger partial charge in [0.1, 0.15) is 17.2 Å². The van der Waals surface area contributed by atoms with E-state index in [1.165, 1.54) is 25.1 Å². The first kappa shape index (κ1) is 18.4. The van der Waals surface area contributed by atoms with Crippen LogP contribution in [0.4, 0.5) is 0 Å². The second kappa shape index (κ2) is 5.78. The van der Waals surface area contributed by atoms with Crippen LogP contribution < -0.4 is 0 Å². The van der Waals surface area contributed by atoms with Crippen molar-refractivity contribution < 1.29 is 40.2 Å². The Kier molecular flexibility index (Phi) is 3.80. The number of ketones is 2. The zero-order chi connectivity index (χ0) is 20.5. The van der Waals surface area contributed by atoms with Crippen LogP contribution in [0.2, 0.25) is 0 Å². The summed E-state index contributed by atoms with van der Waals surface area (Å²) in [6, 6.07) is 3.91. The van der Waals surface area contributed by atoms with Crippen LogP contribution >= 0.6 is 0 Å². The number of benzene rings is 2. The molecule has 0 radical (unpaired) electrons. The molecule has 4 rings (SSSR count). The van der Waals surface area contributed by atoms with Crippen LogP contribution in [0.3, 0.4) is 0 Å². The molecule has 0 spiro atoms. The Morgan fingerprint density at radius 2 is 1.68 bits per heavy atom. The minimum Gasteiger partial charge on any atom is -0.507 e. The SMILES string of the molecule is CC(O)C1(O)Cc2c(O)c3c(c(O)c2C(O)C1)C(=O)c1c(O)cccc1C3=O. The quantitative estimate of drug-likeness (QED) is 0.333. The van der Waals surface area contributed by atoms with Crippen molar-refractivity contribution in [3.05, 3.63) is 51.6 Å². The molecule has 28 heavy (non-hydrogen) atoms. The molecular formula is C20H18O8. The van der Waals surface area contributed by atoms with Crippen molar-refractivity contribution in [2.75, 3.05) is 0 Å². The third kappa shape index (κ3) is 2.22. The standard InChI is InChI=1S/C20H18O8/c1-7(21)20(28)5-9-13(11(23)6-20)19(27)15-14(17(9)25)16(24)8-3-2-4-10(22)12(8)18(15)26/h2-4,7,11,21-23,25,27-28H,5-6H2,1H3. The largest absolute Gasteiger partial charge is 0.507 e. The lowest BCUT2D eigenvalue weighted by Crippen LogP contribution is -2.47. The molecule has 146 valence electrons. The fraction of sp³-hybridized carbons (Fsp3) is 0.300. The van der Waals surface area contributed by atoms with E-state index in [1.807, 2.05) is 0 Å². The van der Waals surface area contributed by atoms with Gasteiger partial charge in [0.05, 0.1) is 34.5 Å². The molecule has 3 atom stereocenters. The van der Waals surface area contributed by atoms with Crippen molar-refractivity contribution in [1.29, 1.82) is 0 Å². The molecule has 2 aromatic carbocycles. The summed E-state index contributed by atoms with van der Waals surface area (Å²) in [6.45, 7) is 1.32. The molecule has 0 fully saturated rings. The Bertz CT molecular complexity index is 1050. The van der Waals surface area contributed by atoms with Gasteiger partial charge in [-0.3, -0.25) is 9.59 Å².